The lowest BCUT2D eigenvalue weighted by Crippen LogP contribution is -2.41. The molecule has 1 fully saturated rings. The van der Waals surface area contributed by atoms with Crippen molar-refractivity contribution in [3.05, 3.63) is 12.2 Å². The molecule has 5 nitrogen and oxygen atoms in total. The standard InChI is InChI=1S/C22H42O5/c1-2-3-4-5-6-7-8-9-10-11-12-13-14-15-16-26-20-18-27-22(21(20)25)19(24)17-23/h4-5,19-25H,2-3,6-18H2,1H3/b5-4+/t19-,20+,21-,22-/m1/s1. The first kappa shape index (κ1) is 24.6. The Hall–Kier alpha value is -0.460. The monoisotopic (exact) mass is 386 g/mol. The van der Waals surface area contributed by atoms with Gasteiger partial charge in [-0.05, 0) is 25.7 Å². The highest BCUT2D eigenvalue weighted by molar-refractivity contribution is 4.88. The molecule has 0 radical (unpaired) electrons. The van der Waals surface area contributed by atoms with Crippen LogP contribution in [0.2, 0.25) is 0 Å². The molecule has 5 heteroatoms. The summed E-state index contributed by atoms with van der Waals surface area (Å²) in [6.07, 6.45) is 16.6. The van der Waals surface area contributed by atoms with Crippen LogP contribution in [0.25, 0.3) is 0 Å². The van der Waals surface area contributed by atoms with Crippen molar-refractivity contribution >= 4 is 0 Å². The second kappa shape index (κ2) is 16.5. The Labute approximate surface area is 165 Å². The van der Waals surface area contributed by atoms with Crippen LogP contribution in [0.3, 0.4) is 0 Å². The Morgan fingerprint density at radius 3 is 2.19 bits per heavy atom. The Morgan fingerprint density at radius 2 is 1.56 bits per heavy atom. The zero-order valence-corrected chi connectivity index (χ0v) is 17.2. The van der Waals surface area contributed by atoms with Gasteiger partial charge in [0.1, 0.15) is 24.4 Å². The third kappa shape index (κ3) is 11.2. The molecule has 1 aliphatic rings. The van der Waals surface area contributed by atoms with Crippen molar-refractivity contribution in [3.63, 3.8) is 0 Å². The fourth-order valence-electron chi connectivity index (χ4n) is 3.44. The zero-order chi connectivity index (χ0) is 19.7. The SMILES string of the molecule is CCC/C=C/CCCCCCCCCCCO[C@H]1CO[C@H]([C@H](O)CO)[C@@H]1O. The second-order valence-corrected chi connectivity index (χ2v) is 7.68. The van der Waals surface area contributed by atoms with Gasteiger partial charge in [0.15, 0.2) is 0 Å². The number of allylic oxidation sites excluding steroid dienone is 2. The summed E-state index contributed by atoms with van der Waals surface area (Å²) in [6, 6.07) is 0. The van der Waals surface area contributed by atoms with E-state index in [0.717, 1.165) is 12.8 Å². The maximum atomic E-state index is 10.0. The van der Waals surface area contributed by atoms with Crippen LogP contribution in [0.4, 0.5) is 0 Å². The van der Waals surface area contributed by atoms with Crippen molar-refractivity contribution in [3.8, 4) is 0 Å². The van der Waals surface area contributed by atoms with Gasteiger partial charge in [-0.25, -0.2) is 0 Å². The van der Waals surface area contributed by atoms with Gasteiger partial charge in [0, 0.05) is 6.61 Å². The zero-order valence-electron chi connectivity index (χ0n) is 17.2. The fraction of sp³-hybridized carbons (Fsp3) is 0.909. The maximum Gasteiger partial charge on any atom is 0.114 e. The first-order chi connectivity index (χ1) is 13.2. The molecule has 0 aromatic heterocycles. The molecule has 1 heterocycles. The number of aliphatic hydroxyl groups is 3. The largest absolute Gasteiger partial charge is 0.394 e. The van der Waals surface area contributed by atoms with E-state index in [1.807, 2.05) is 0 Å². The molecule has 0 aromatic carbocycles. The van der Waals surface area contributed by atoms with Gasteiger partial charge in [0.2, 0.25) is 0 Å². The van der Waals surface area contributed by atoms with Crippen LogP contribution >= 0.6 is 0 Å². The maximum absolute atomic E-state index is 10.0. The summed E-state index contributed by atoms with van der Waals surface area (Å²) in [4.78, 5) is 0. The number of unbranched alkanes of at least 4 members (excludes halogenated alkanes) is 10. The Kier molecular flexibility index (Phi) is 15.0. The molecule has 0 saturated carbocycles. The van der Waals surface area contributed by atoms with Crippen LogP contribution in [0.15, 0.2) is 12.2 Å². The molecule has 1 rings (SSSR count). The molecule has 27 heavy (non-hydrogen) atoms. The van der Waals surface area contributed by atoms with Crippen molar-refractivity contribution in [1.29, 1.82) is 0 Å². The van der Waals surface area contributed by atoms with Crippen LogP contribution in [0.1, 0.15) is 84.0 Å². The van der Waals surface area contributed by atoms with Crippen LogP contribution in [-0.4, -0.2) is 59.6 Å². The summed E-state index contributed by atoms with van der Waals surface area (Å²) < 4.78 is 11.0. The smallest absolute Gasteiger partial charge is 0.114 e. The molecular weight excluding hydrogens is 344 g/mol. The summed E-state index contributed by atoms with van der Waals surface area (Å²) >= 11 is 0. The molecule has 160 valence electrons. The summed E-state index contributed by atoms with van der Waals surface area (Å²) in [6.45, 7) is 2.69. The Morgan fingerprint density at radius 1 is 0.963 bits per heavy atom. The normalized spacial score (nSPS) is 24.1. The lowest BCUT2D eigenvalue weighted by atomic mass is 10.1. The van der Waals surface area contributed by atoms with E-state index in [2.05, 4.69) is 19.1 Å². The van der Waals surface area contributed by atoms with E-state index in [-0.39, 0.29) is 6.61 Å². The summed E-state index contributed by atoms with van der Waals surface area (Å²) in [7, 11) is 0. The van der Waals surface area contributed by atoms with Crippen molar-refractivity contribution in [1.82, 2.24) is 0 Å². The number of hydrogen-bond acceptors (Lipinski definition) is 5. The number of hydrogen-bond donors (Lipinski definition) is 3. The van der Waals surface area contributed by atoms with Crippen molar-refractivity contribution in [2.75, 3.05) is 19.8 Å². The molecule has 1 saturated heterocycles. The highest BCUT2D eigenvalue weighted by Gasteiger charge is 2.40. The van der Waals surface area contributed by atoms with Crippen LogP contribution < -0.4 is 0 Å². The van der Waals surface area contributed by atoms with E-state index in [1.165, 1.54) is 64.2 Å². The van der Waals surface area contributed by atoms with Gasteiger partial charge in [0.25, 0.3) is 0 Å². The van der Waals surface area contributed by atoms with Crippen molar-refractivity contribution in [2.45, 2.75) is 108 Å². The summed E-state index contributed by atoms with van der Waals surface area (Å²) in [5.41, 5.74) is 0. The van der Waals surface area contributed by atoms with Crippen LogP contribution in [0, 0.1) is 0 Å². The molecule has 0 bridgehead atoms. The van der Waals surface area contributed by atoms with E-state index in [9.17, 15) is 10.2 Å². The van der Waals surface area contributed by atoms with E-state index < -0.39 is 31.0 Å². The van der Waals surface area contributed by atoms with E-state index in [4.69, 9.17) is 14.6 Å². The van der Waals surface area contributed by atoms with E-state index >= 15 is 0 Å². The van der Waals surface area contributed by atoms with Crippen LogP contribution in [0.5, 0.6) is 0 Å². The van der Waals surface area contributed by atoms with Crippen molar-refractivity contribution < 1.29 is 24.8 Å². The third-order valence-electron chi connectivity index (χ3n) is 5.21. The Bertz CT molecular complexity index is 361. The minimum absolute atomic E-state index is 0.275. The van der Waals surface area contributed by atoms with E-state index in [0.29, 0.717) is 6.61 Å². The van der Waals surface area contributed by atoms with Gasteiger partial charge in [-0.2, -0.15) is 0 Å². The molecule has 0 spiro atoms. The summed E-state index contributed by atoms with van der Waals surface area (Å²) in [5.74, 6) is 0. The highest BCUT2D eigenvalue weighted by Crippen LogP contribution is 2.20. The minimum Gasteiger partial charge on any atom is -0.394 e. The van der Waals surface area contributed by atoms with Gasteiger partial charge in [0.05, 0.1) is 13.2 Å². The lowest BCUT2D eigenvalue weighted by molar-refractivity contribution is -0.0730. The van der Waals surface area contributed by atoms with Gasteiger partial charge >= 0.3 is 0 Å². The predicted octanol–water partition coefficient (Wildman–Crippen LogP) is 3.74. The molecule has 4 atom stereocenters. The van der Waals surface area contributed by atoms with Gasteiger partial charge in [-0.1, -0.05) is 70.4 Å². The molecule has 3 N–H and O–H groups in total. The number of ether oxygens (including phenoxy) is 2. The molecule has 0 amide bonds. The van der Waals surface area contributed by atoms with Crippen molar-refractivity contribution in [2.24, 2.45) is 0 Å². The quantitative estimate of drug-likeness (QED) is 0.262. The third-order valence-corrected chi connectivity index (χ3v) is 5.21. The molecule has 0 aliphatic carbocycles. The predicted molar refractivity (Wildman–Crippen MR) is 109 cm³/mol. The minimum atomic E-state index is -1.05. The molecule has 0 unspecified atom stereocenters. The topological polar surface area (TPSA) is 79.2 Å². The first-order valence-electron chi connectivity index (χ1n) is 11.1. The van der Waals surface area contributed by atoms with Gasteiger partial charge in [-0.3, -0.25) is 0 Å². The molecular formula is C22H42O5. The Balaban J connectivity index is 1.84. The number of rotatable bonds is 17. The fourth-order valence-corrected chi connectivity index (χ4v) is 3.44. The van der Waals surface area contributed by atoms with Crippen LogP contribution in [-0.2, 0) is 9.47 Å². The average Bonchev–Trinajstić information content (AvgIpc) is 3.04. The van der Waals surface area contributed by atoms with Gasteiger partial charge in [-0.15, -0.1) is 0 Å². The second-order valence-electron chi connectivity index (χ2n) is 7.68. The average molecular weight is 387 g/mol. The van der Waals surface area contributed by atoms with E-state index in [1.54, 1.807) is 0 Å². The summed E-state index contributed by atoms with van der Waals surface area (Å²) in [5, 5.41) is 28.5. The highest BCUT2D eigenvalue weighted by atomic mass is 16.6. The number of aliphatic hydroxyl groups excluding tert-OH is 3. The van der Waals surface area contributed by atoms with Gasteiger partial charge < -0.3 is 24.8 Å². The first-order valence-corrected chi connectivity index (χ1v) is 11.1. The molecule has 1 aliphatic heterocycles. The lowest BCUT2D eigenvalue weighted by Gasteiger charge is -2.20. The molecule has 0 aromatic rings.